The van der Waals surface area contributed by atoms with E-state index in [2.05, 4.69) is 17.1 Å². The van der Waals surface area contributed by atoms with Gasteiger partial charge in [-0.1, -0.05) is 0 Å². The molecule has 0 aromatic carbocycles. The van der Waals surface area contributed by atoms with Crippen molar-refractivity contribution in [3.05, 3.63) is 0 Å². The summed E-state index contributed by atoms with van der Waals surface area (Å²) in [6.45, 7) is 0. The highest BCUT2D eigenvalue weighted by molar-refractivity contribution is 8.35. The van der Waals surface area contributed by atoms with Gasteiger partial charge in [-0.2, -0.15) is 17.6 Å². The van der Waals surface area contributed by atoms with Crippen LogP contribution < -0.4 is 0 Å². The Balaban J connectivity index is 2.25. The molecule has 0 aromatic heterocycles. The predicted octanol–water partition coefficient (Wildman–Crippen LogP) is 2.78. The summed E-state index contributed by atoms with van der Waals surface area (Å²) in [5.41, 5.74) is 0. The maximum absolute atomic E-state index is 13.6. The van der Waals surface area contributed by atoms with Crippen LogP contribution in [0.1, 0.15) is 19.3 Å². The Kier molecular flexibility index (Phi) is 2.61. The van der Waals surface area contributed by atoms with E-state index in [-0.39, 0.29) is 18.3 Å². The van der Waals surface area contributed by atoms with Crippen molar-refractivity contribution in [3.63, 3.8) is 0 Å². The second-order valence-corrected chi connectivity index (χ2v) is 8.07. The molecule has 2 aliphatic rings. The molecule has 0 amide bonds. The molecular formula is C9H12F4OS2. The first-order valence-corrected chi connectivity index (χ1v) is 7.62. The van der Waals surface area contributed by atoms with Gasteiger partial charge in [-0.05, 0) is 48.2 Å². The van der Waals surface area contributed by atoms with Gasteiger partial charge in [0, 0.05) is 14.4 Å². The third-order valence-corrected chi connectivity index (χ3v) is 5.51. The summed E-state index contributed by atoms with van der Waals surface area (Å²) in [7, 11) is -4.25. The van der Waals surface area contributed by atoms with Crippen molar-refractivity contribution in [2.45, 2.75) is 30.4 Å². The molecule has 0 radical (unpaired) electrons. The van der Waals surface area contributed by atoms with Crippen LogP contribution in [0.3, 0.4) is 0 Å². The summed E-state index contributed by atoms with van der Waals surface area (Å²) in [5.74, 6) is -3.09. The average Bonchev–Trinajstić information content (AvgIpc) is 2.07. The van der Waals surface area contributed by atoms with Gasteiger partial charge in [-0.15, -0.1) is 0 Å². The lowest BCUT2D eigenvalue weighted by Gasteiger charge is -2.56. The van der Waals surface area contributed by atoms with Crippen LogP contribution in [0.5, 0.6) is 0 Å². The molecule has 0 bridgehead atoms. The largest absolute Gasteiger partial charge is 0.375 e. The monoisotopic (exact) mass is 276 g/mol. The van der Waals surface area contributed by atoms with E-state index >= 15 is 0 Å². The van der Waals surface area contributed by atoms with Crippen LogP contribution in [0, 0.1) is 17.8 Å². The Labute approximate surface area is 96.2 Å². The molecule has 0 heterocycles. The molecule has 0 aliphatic heterocycles. The quantitative estimate of drug-likeness (QED) is 0.632. The van der Waals surface area contributed by atoms with Gasteiger partial charge in [0.05, 0.1) is 0 Å². The maximum Gasteiger partial charge on any atom is 0.375 e. The molecule has 94 valence electrons. The lowest BCUT2D eigenvalue weighted by Crippen LogP contribution is -2.60. The van der Waals surface area contributed by atoms with Crippen LogP contribution in [0.2, 0.25) is 0 Å². The number of fused-ring (bicyclic) bond motifs is 1. The van der Waals surface area contributed by atoms with Crippen molar-refractivity contribution in [1.82, 2.24) is 0 Å². The SMILES string of the molecule is C=S(O)(=S)C(F)(F)C(F)(F)C1CC2CCC21. The number of hydrogen-bond donors (Lipinski definition) is 1. The first kappa shape index (κ1) is 12.6. The van der Waals surface area contributed by atoms with Crippen molar-refractivity contribution in [3.8, 4) is 0 Å². The summed E-state index contributed by atoms with van der Waals surface area (Å²) < 4.78 is 62.9. The molecule has 16 heavy (non-hydrogen) atoms. The van der Waals surface area contributed by atoms with E-state index in [4.69, 9.17) is 4.55 Å². The number of hydrogen-bond acceptors (Lipinski definition) is 1. The normalized spacial score (nSPS) is 37.9. The van der Waals surface area contributed by atoms with Crippen LogP contribution in [-0.4, -0.2) is 21.6 Å². The summed E-state index contributed by atoms with van der Waals surface area (Å²) in [6.07, 6.45) is 1.53. The molecule has 0 spiro atoms. The second kappa shape index (κ2) is 3.32. The third kappa shape index (κ3) is 1.44. The highest BCUT2D eigenvalue weighted by Crippen LogP contribution is 2.62. The molecule has 7 heteroatoms. The zero-order valence-corrected chi connectivity index (χ0v) is 9.97. The Morgan fingerprint density at radius 1 is 1.25 bits per heavy atom. The van der Waals surface area contributed by atoms with Crippen molar-refractivity contribution in [2.75, 3.05) is 0 Å². The van der Waals surface area contributed by atoms with Gasteiger partial charge in [-0.3, -0.25) is 0 Å². The summed E-state index contributed by atoms with van der Waals surface area (Å²) in [6, 6.07) is 0. The molecular weight excluding hydrogens is 264 g/mol. The third-order valence-electron chi connectivity index (χ3n) is 3.80. The summed E-state index contributed by atoms with van der Waals surface area (Å²) in [5, 5.41) is -4.58. The predicted molar refractivity (Wildman–Crippen MR) is 58.7 cm³/mol. The molecule has 1 nitrogen and oxygen atoms in total. The fourth-order valence-electron chi connectivity index (χ4n) is 2.57. The fourth-order valence-corrected chi connectivity index (χ4v) is 3.48. The highest BCUT2D eigenvalue weighted by Gasteiger charge is 2.70. The summed E-state index contributed by atoms with van der Waals surface area (Å²) in [4.78, 5) is 0. The molecule has 4 atom stereocenters. The molecule has 2 fully saturated rings. The van der Waals surface area contributed by atoms with E-state index in [1.807, 2.05) is 0 Å². The van der Waals surface area contributed by atoms with E-state index in [1.165, 1.54) is 0 Å². The Morgan fingerprint density at radius 2 is 1.81 bits per heavy atom. The average molecular weight is 276 g/mol. The highest BCUT2D eigenvalue weighted by atomic mass is 32.8. The van der Waals surface area contributed by atoms with E-state index < -0.39 is 25.6 Å². The van der Waals surface area contributed by atoms with E-state index in [1.54, 1.807) is 0 Å². The summed E-state index contributed by atoms with van der Waals surface area (Å²) >= 11 is 4.04. The van der Waals surface area contributed by atoms with Crippen LogP contribution in [0.25, 0.3) is 0 Å². The fraction of sp³-hybridized carbons (Fsp3) is 0.889. The minimum Gasteiger partial charge on any atom is -0.330 e. The number of alkyl halides is 4. The topological polar surface area (TPSA) is 20.2 Å². The van der Waals surface area contributed by atoms with E-state index in [0.717, 1.165) is 6.42 Å². The van der Waals surface area contributed by atoms with Gasteiger partial charge in [0.15, 0.2) is 0 Å². The first-order chi connectivity index (χ1) is 7.09. The molecule has 2 aliphatic carbocycles. The van der Waals surface area contributed by atoms with Crippen molar-refractivity contribution in [2.24, 2.45) is 17.8 Å². The Hall–Kier alpha value is 0.120. The van der Waals surface area contributed by atoms with E-state index in [9.17, 15) is 17.6 Å². The van der Waals surface area contributed by atoms with Crippen LogP contribution in [-0.2, 0) is 19.6 Å². The minimum atomic E-state index is -4.58. The second-order valence-electron chi connectivity index (χ2n) is 4.62. The Bertz CT molecular complexity index is 404. The van der Waals surface area contributed by atoms with Gasteiger partial charge in [0.2, 0.25) is 0 Å². The molecule has 2 rings (SSSR count). The van der Waals surface area contributed by atoms with Crippen LogP contribution >= 0.6 is 0 Å². The lowest BCUT2D eigenvalue weighted by atomic mass is 9.51. The van der Waals surface area contributed by atoms with Crippen LogP contribution in [0.15, 0.2) is 0 Å². The van der Waals surface area contributed by atoms with Crippen molar-refractivity contribution >= 4 is 25.5 Å². The van der Waals surface area contributed by atoms with Crippen LogP contribution in [0.4, 0.5) is 17.6 Å². The van der Waals surface area contributed by atoms with Gasteiger partial charge in [0.25, 0.3) is 0 Å². The molecule has 2 saturated carbocycles. The lowest BCUT2D eigenvalue weighted by molar-refractivity contribution is -0.248. The standard InChI is InChI=1S/C9H12F4OS2/c1-16(14,15)9(12,13)8(10,11)7-4-5-2-3-6(5)7/h5-7H,1-4H2,(H,14,15). The maximum atomic E-state index is 13.6. The Morgan fingerprint density at radius 3 is 2.06 bits per heavy atom. The van der Waals surface area contributed by atoms with Gasteiger partial charge in [0.1, 0.15) is 0 Å². The van der Waals surface area contributed by atoms with Gasteiger partial charge in [-0.25, -0.2) is 0 Å². The van der Waals surface area contributed by atoms with Gasteiger partial charge < -0.3 is 4.55 Å². The molecule has 0 saturated heterocycles. The number of rotatable bonds is 3. The zero-order chi connectivity index (χ0) is 12.4. The van der Waals surface area contributed by atoms with Crippen molar-refractivity contribution < 1.29 is 22.1 Å². The van der Waals surface area contributed by atoms with Gasteiger partial charge >= 0.3 is 11.2 Å². The molecule has 4 unspecified atom stereocenters. The minimum absolute atomic E-state index is 0.109. The molecule has 0 aromatic rings. The van der Waals surface area contributed by atoms with E-state index in [0.29, 0.717) is 6.42 Å². The smallest absolute Gasteiger partial charge is 0.330 e. The molecule has 1 N–H and O–H groups in total. The zero-order valence-electron chi connectivity index (χ0n) is 8.34. The van der Waals surface area contributed by atoms with Crippen molar-refractivity contribution in [1.29, 1.82) is 0 Å². The number of halogens is 4. The first-order valence-electron chi connectivity index (χ1n) is 4.94.